The summed E-state index contributed by atoms with van der Waals surface area (Å²) in [6.07, 6.45) is 0. The van der Waals surface area contributed by atoms with Crippen molar-refractivity contribution in [1.82, 2.24) is 15.5 Å². The van der Waals surface area contributed by atoms with Gasteiger partial charge in [0, 0.05) is 42.9 Å². The van der Waals surface area contributed by atoms with Crippen molar-refractivity contribution in [3.8, 4) is 0 Å². The van der Waals surface area contributed by atoms with Crippen LogP contribution in [0.1, 0.15) is 12.5 Å². The SMILES string of the molecule is Cc1ccc(SCCNC(=O)CN2CCNC[C@@H]2C)cc1. The van der Waals surface area contributed by atoms with Crippen molar-refractivity contribution in [2.24, 2.45) is 0 Å². The van der Waals surface area contributed by atoms with Crippen molar-refractivity contribution in [2.75, 3.05) is 38.5 Å². The highest BCUT2D eigenvalue weighted by molar-refractivity contribution is 7.99. The average Bonchev–Trinajstić information content (AvgIpc) is 2.48. The van der Waals surface area contributed by atoms with Crippen LogP contribution in [-0.4, -0.2) is 55.3 Å². The van der Waals surface area contributed by atoms with Gasteiger partial charge in [-0.25, -0.2) is 0 Å². The van der Waals surface area contributed by atoms with Crippen LogP contribution in [0.3, 0.4) is 0 Å². The number of hydrogen-bond donors (Lipinski definition) is 2. The van der Waals surface area contributed by atoms with Gasteiger partial charge in [0.15, 0.2) is 0 Å². The molecule has 0 bridgehead atoms. The minimum absolute atomic E-state index is 0.133. The van der Waals surface area contributed by atoms with E-state index >= 15 is 0 Å². The largest absolute Gasteiger partial charge is 0.354 e. The van der Waals surface area contributed by atoms with E-state index in [1.54, 1.807) is 11.8 Å². The van der Waals surface area contributed by atoms with E-state index < -0.39 is 0 Å². The lowest BCUT2D eigenvalue weighted by Gasteiger charge is -2.33. The second-order valence-electron chi connectivity index (χ2n) is 5.54. The second kappa shape index (κ2) is 8.41. The Morgan fingerprint density at radius 3 is 2.90 bits per heavy atom. The quantitative estimate of drug-likeness (QED) is 0.617. The molecule has 0 radical (unpaired) electrons. The molecule has 1 amide bonds. The van der Waals surface area contributed by atoms with Gasteiger partial charge in [-0.1, -0.05) is 17.7 Å². The van der Waals surface area contributed by atoms with Crippen LogP contribution in [0.5, 0.6) is 0 Å². The Labute approximate surface area is 131 Å². The molecule has 0 spiro atoms. The van der Waals surface area contributed by atoms with E-state index in [4.69, 9.17) is 0 Å². The smallest absolute Gasteiger partial charge is 0.234 e. The van der Waals surface area contributed by atoms with Gasteiger partial charge < -0.3 is 10.6 Å². The number of carbonyl (C=O) groups excluding carboxylic acids is 1. The van der Waals surface area contributed by atoms with Gasteiger partial charge >= 0.3 is 0 Å². The number of nitrogens with one attached hydrogen (secondary N) is 2. The summed E-state index contributed by atoms with van der Waals surface area (Å²) < 4.78 is 0. The van der Waals surface area contributed by atoms with E-state index in [9.17, 15) is 4.79 Å². The number of amides is 1. The molecule has 1 aliphatic heterocycles. The maximum absolute atomic E-state index is 11.9. The first-order chi connectivity index (χ1) is 10.1. The van der Waals surface area contributed by atoms with Crippen molar-refractivity contribution in [3.63, 3.8) is 0 Å². The van der Waals surface area contributed by atoms with Gasteiger partial charge in [-0.15, -0.1) is 11.8 Å². The molecule has 0 unspecified atom stereocenters. The molecular weight excluding hydrogens is 282 g/mol. The highest BCUT2D eigenvalue weighted by atomic mass is 32.2. The van der Waals surface area contributed by atoms with Crippen LogP contribution in [0.25, 0.3) is 0 Å². The predicted octanol–water partition coefficient (Wildman–Crippen LogP) is 1.50. The van der Waals surface area contributed by atoms with Crippen LogP contribution >= 0.6 is 11.8 Å². The Morgan fingerprint density at radius 2 is 2.19 bits per heavy atom. The number of nitrogens with zero attached hydrogens (tertiary/aromatic N) is 1. The molecule has 0 saturated carbocycles. The molecule has 5 heteroatoms. The molecule has 116 valence electrons. The molecular formula is C16H25N3OS. The van der Waals surface area contributed by atoms with E-state index in [1.165, 1.54) is 10.5 Å². The van der Waals surface area contributed by atoms with Gasteiger partial charge in [0.25, 0.3) is 0 Å². The zero-order chi connectivity index (χ0) is 15.1. The molecule has 2 rings (SSSR count). The number of piperazine rings is 1. The van der Waals surface area contributed by atoms with Crippen molar-refractivity contribution in [3.05, 3.63) is 29.8 Å². The van der Waals surface area contributed by atoms with Crippen LogP contribution in [0, 0.1) is 6.92 Å². The van der Waals surface area contributed by atoms with Crippen LogP contribution in [0.2, 0.25) is 0 Å². The Balaban J connectivity index is 1.61. The van der Waals surface area contributed by atoms with E-state index in [1.807, 2.05) is 0 Å². The lowest BCUT2D eigenvalue weighted by molar-refractivity contribution is -0.122. The third-order valence-electron chi connectivity index (χ3n) is 3.70. The Kier molecular flexibility index (Phi) is 6.54. The van der Waals surface area contributed by atoms with Gasteiger partial charge in [0.2, 0.25) is 5.91 Å². The highest BCUT2D eigenvalue weighted by Gasteiger charge is 2.19. The van der Waals surface area contributed by atoms with Crippen molar-refractivity contribution in [1.29, 1.82) is 0 Å². The number of thioether (sulfide) groups is 1. The van der Waals surface area contributed by atoms with E-state index in [-0.39, 0.29) is 5.91 Å². The molecule has 0 aromatic heterocycles. The number of carbonyl (C=O) groups is 1. The lowest BCUT2D eigenvalue weighted by Crippen LogP contribution is -2.52. The summed E-state index contributed by atoms with van der Waals surface area (Å²) in [5.41, 5.74) is 1.28. The summed E-state index contributed by atoms with van der Waals surface area (Å²) in [4.78, 5) is 15.4. The first kappa shape index (κ1) is 16.3. The topological polar surface area (TPSA) is 44.4 Å². The van der Waals surface area contributed by atoms with Crippen LogP contribution < -0.4 is 10.6 Å². The predicted molar refractivity (Wildman–Crippen MR) is 88.8 cm³/mol. The summed E-state index contributed by atoms with van der Waals surface area (Å²) in [6, 6.07) is 8.93. The van der Waals surface area contributed by atoms with Crippen molar-refractivity contribution < 1.29 is 4.79 Å². The summed E-state index contributed by atoms with van der Waals surface area (Å²) in [5.74, 6) is 1.04. The first-order valence-electron chi connectivity index (χ1n) is 7.56. The van der Waals surface area contributed by atoms with E-state index in [0.717, 1.165) is 31.9 Å². The fourth-order valence-electron chi connectivity index (χ4n) is 2.35. The molecule has 0 aliphatic carbocycles. The van der Waals surface area contributed by atoms with Crippen LogP contribution in [-0.2, 0) is 4.79 Å². The lowest BCUT2D eigenvalue weighted by atomic mass is 10.2. The summed E-state index contributed by atoms with van der Waals surface area (Å²) >= 11 is 1.78. The minimum Gasteiger partial charge on any atom is -0.354 e. The molecule has 1 fully saturated rings. The Hall–Kier alpha value is -1.04. The fourth-order valence-corrected chi connectivity index (χ4v) is 3.12. The van der Waals surface area contributed by atoms with Crippen LogP contribution in [0.15, 0.2) is 29.2 Å². The first-order valence-corrected chi connectivity index (χ1v) is 8.54. The molecule has 4 nitrogen and oxygen atoms in total. The van der Waals surface area contributed by atoms with E-state index in [2.05, 4.69) is 53.6 Å². The molecule has 21 heavy (non-hydrogen) atoms. The summed E-state index contributed by atoms with van der Waals surface area (Å²) in [7, 11) is 0. The van der Waals surface area contributed by atoms with Gasteiger partial charge in [-0.3, -0.25) is 9.69 Å². The summed E-state index contributed by atoms with van der Waals surface area (Å²) in [6.45, 7) is 8.37. The number of rotatable bonds is 6. The van der Waals surface area contributed by atoms with Crippen molar-refractivity contribution in [2.45, 2.75) is 24.8 Å². The van der Waals surface area contributed by atoms with E-state index in [0.29, 0.717) is 12.6 Å². The number of hydrogen-bond acceptors (Lipinski definition) is 4. The summed E-state index contributed by atoms with van der Waals surface area (Å²) in [5, 5.41) is 6.35. The standard InChI is InChI=1S/C16H25N3OS/c1-13-3-5-15(6-4-13)21-10-8-18-16(20)12-19-9-7-17-11-14(19)2/h3-6,14,17H,7-12H2,1-2H3,(H,18,20)/t14-/m0/s1. The van der Waals surface area contributed by atoms with Gasteiger partial charge in [0.1, 0.15) is 0 Å². The third-order valence-corrected chi connectivity index (χ3v) is 4.71. The fraction of sp³-hybridized carbons (Fsp3) is 0.562. The zero-order valence-electron chi connectivity index (χ0n) is 12.9. The Bertz CT molecular complexity index is 449. The van der Waals surface area contributed by atoms with Crippen LogP contribution in [0.4, 0.5) is 0 Å². The zero-order valence-corrected chi connectivity index (χ0v) is 13.7. The molecule has 1 heterocycles. The molecule has 2 N–H and O–H groups in total. The Morgan fingerprint density at radius 1 is 1.43 bits per heavy atom. The molecule has 1 aromatic rings. The monoisotopic (exact) mass is 307 g/mol. The maximum Gasteiger partial charge on any atom is 0.234 e. The molecule has 1 saturated heterocycles. The maximum atomic E-state index is 11.9. The van der Waals surface area contributed by atoms with Gasteiger partial charge in [-0.2, -0.15) is 0 Å². The molecule has 1 atom stereocenters. The molecule has 1 aliphatic rings. The number of benzene rings is 1. The average molecular weight is 307 g/mol. The van der Waals surface area contributed by atoms with Gasteiger partial charge in [-0.05, 0) is 26.0 Å². The highest BCUT2D eigenvalue weighted by Crippen LogP contribution is 2.17. The second-order valence-corrected chi connectivity index (χ2v) is 6.70. The van der Waals surface area contributed by atoms with Crippen molar-refractivity contribution >= 4 is 17.7 Å². The normalized spacial score (nSPS) is 19.4. The minimum atomic E-state index is 0.133. The molecule has 1 aromatic carbocycles. The third kappa shape index (κ3) is 5.69. The number of aryl methyl sites for hydroxylation is 1. The van der Waals surface area contributed by atoms with Gasteiger partial charge in [0.05, 0.1) is 6.54 Å².